The molecule has 33 heavy (non-hydrogen) atoms. The molecule has 1 aromatic heterocycles. The molecule has 0 saturated carbocycles. The smallest absolute Gasteiger partial charge is 0.175 e. The molecule has 0 radical (unpaired) electrons. The van der Waals surface area contributed by atoms with E-state index in [4.69, 9.17) is 0 Å². The Bertz CT molecular complexity index is 501. The Kier molecular flexibility index (Phi) is 21.4. The summed E-state index contributed by atoms with van der Waals surface area (Å²) in [6, 6.07) is 0. The van der Waals surface area contributed by atoms with E-state index in [1.165, 1.54) is 89.9 Å². The van der Waals surface area contributed by atoms with Crippen LogP contribution in [0.1, 0.15) is 129 Å². The molecule has 0 fully saturated rings. The van der Waals surface area contributed by atoms with Crippen molar-refractivity contribution in [1.29, 1.82) is 0 Å². The first-order valence-corrected chi connectivity index (χ1v) is 16.4. The molecule has 1 heterocycles. The third-order valence-corrected chi connectivity index (χ3v) is 9.45. The molecule has 0 amide bonds. The summed E-state index contributed by atoms with van der Waals surface area (Å²) in [5, 5.41) is 29.0. The Labute approximate surface area is 216 Å². The molecule has 2 atom stereocenters. The lowest BCUT2D eigenvalue weighted by atomic mass is 10.1. The second kappa shape index (κ2) is 22.6. The SMILES string of the molecule is CCCCCCCCCCC(O)CSc1nnc(SCC(O)CCCCCCCCCC)s1. The highest BCUT2D eigenvalue weighted by molar-refractivity contribution is 8.03. The van der Waals surface area contributed by atoms with E-state index >= 15 is 0 Å². The quantitative estimate of drug-likeness (QED) is 0.106. The minimum absolute atomic E-state index is 0.261. The zero-order chi connectivity index (χ0) is 24.0. The van der Waals surface area contributed by atoms with Crippen LogP contribution in [0.15, 0.2) is 8.68 Å². The number of thioether (sulfide) groups is 2. The van der Waals surface area contributed by atoms with Crippen molar-refractivity contribution in [3.63, 3.8) is 0 Å². The van der Waals surface area contributed by atoms with Crippen LogP contribution in [0.2, 0.25) is 0 Å². The van der Waals surface area contributed by atoms with Gasteiger partial charge in [-0.15, -0.1) is 10.2 Å². The number of aliphatic hydroxyl groups excluding tert-OH is 2. The maximum absolute atomic E-state index is 10.2. The summed E-state index contributed by atoms with van der Waals surface area (Å²) in [5.41, 5.74) is 0. The number of hydrogen-bond donors (Lipinski definition) is 2. The molecule has 0 aliphatic rings. The Morgan fingerprint density at radius 1 is 0.576 bits per heavy atom. The van der Waals surface area contributed by atoms with Gasteiger partial charge in [0, 0.05) is 11.5 Å². The Hall–Kier alpha value is 0.180. The minimum atomic E-state index is -0.261. The molecule has 2 unspecified atom stereocenters. The predicted molar refractivity (Wildman–Crippen MR) is 148 cm³/mol. The van der Waals surface area contributed by atoms with Crippen LogP contribution in [0.5, 0.6) is 0 Å². The Balaban J connectivity index is 2.01. The lowest BCUT2D eigenvalue weighted by molar-refractivity contribution is 0.184. The number of unbranched alkanes of at least 4 members (excludes halogenated alkanes) is 14. The molecule has 7 heteroatoms. The molecule has 194 valence electrons. The van der Waals surface area contributed by atoms with Crippen LogP contribution in [0, 0.1) is 0 Å². The average molecular weight is 519 g/mol. The number of hydrogen-bond acceptors (Lipinski definition) is 7. The van der Waals surface area contributed by atoms with E-state index in [1.807, 2.05) is 0 Å². The van der Waals surface area contributed by atoms with E-state index in [0.717, 1.165) is 34.4 Å². The molecule has 2 N–H and O–H groups in total. The van der Waals surface area contributed by atoms with Crippen molar-refractivity contribution in [3.05, 3.63) is 0 Å². The van der Waals surface area contributed by atoms with Crippen molar-refractivity contribution in [2.24, 2.45) is 0 Å². The van der Waals surface area contributed by atoms with E-state index in [0.29, 0.717) is 11.5 Å². The van der Waals surface area contributed by atoms with Crippen molar-refractivity contribution in [1.82, 2.24) is 10.2 Å². The van der Waals surface area contributed by atoms with Gasteiger partial charge in [0.05, 0.1) is 12.2 Å². The molecule has 0 saturated heterocycles. The summed E-state index contributed by atoms with van der Waals surface area (Å²) < 4.78 is 1.84. The zero-order valence-electron chi connectivity index (χ0n) is 21.3. The van der Waals surface area contributed by atoms with Crippen molar-refractivity contribution < 1.29 is 10.2 Å². The molecule has 1 rings (SSSR count). The second-order valence-corrected chi connectivity index (χ2v) is 12.8. The van der Waals surface area contributed by atoms with Gasteiger partial charge in [-0.3, -0.25) is 0 Å². The summed E-state index contributed by atoms with van der Waals surface area (Å²) in [5.74, 6) is 1.38. The van der Waals surface area contributed by atoms with Gasteiger partial charge in [-0.1, -0.05) is 151 Å². The normalized spacial score (nSPS) is 13.5. The second-order valence-electron chi connectivity index (χ2n) is 9.29. The molecule has 0 bridgehead atoms. The third kappa shape index (κ3) is 19.1. The first-order valence-electron chi connectivity index (χ1n) is 13.6. The van der Waals surface area contributed by atoms with Crippen LogP contribution in [0.25, 0.3) is 0 Å². The van der Waals surface area contributed by atoms with Crippen molar-refractivity contribution >= 4 is 34.9 Å². The highest BCUT2D eigenvalue weighted by Gasteiger charge is 2.11. The fraction of sp³-hybridized carbons (Fsp3) is 0.923. The average Bonchev–Trinajstić information content (AvgIpc) is 3.27. The van der Waals surface area contributed by atoms with Crippen molar-refractivity contribution in [2.75, 3.05) is 11.5 Å². The number of rotatable bonds is 24. The topological polar surface area (TPSA) is 66.2 Å². The van der Waals surface area contributed by atoms with Gasteiger partial charge in [0.25, 0.3) is 0 Å². The van der Waals surface area contributed by atoms with Crippen molar-refractivity contribution in [2.45, 2.75) is 150 Å². The first kappa shape index (κ1) is 31.2. The van der Waals surface area contributed by atoms with Crippen molar-refractivity contribution in [3.8, 4) is 0 Å². The molecule has 0 aromatic carbocycles. The monoisotopic (exact) mass is 518 g/mol. The first-order chi connectivity index (χ1) is 16.2. The van der Waals surface area contributed by atoms with Gasteiger partial charge in [0.15, 0.2) is 8.68 Å². The van der Waals surface area contributed by atoms with Gasteiger partial charge in [-0.25, -0.2) is 0 Å². The summed E-state index contributed by atoms with van der Waals surface area (Å²) in [6.07, 6.45) is 22.0. The van der Waals surface area contributed by atoms with Gasteiger partial charge in [-0.2, -0.15) is 0 Å². The molecule has 1 aromatic rings. The number of aromatic nitrogens is 2. The number of nitrogens with zero attached hydrogens (tertiary/aromatic N) is 2. The van der Waals surface area contributed by atoms with Crippen LogP contribution in [0.4, 0.5) is 0 Å². The van der Waals surface area contributed by atoms with Crippen LogP contribution in [0.3, 0.4) is 0 Å². The molecule has 0 aliphatic carbocycles. The van der Waals surface area contributed by atoms with Gasteiger partial charge < -0.3 is 10.2 Å². The Morgan fingerprint density at radius 2 is 0.909 bits per heavy atom. The third-order valence-electron chi connectivity index (χ3n) is 5.97. The summed E-state index contributed by atoms with van der Waals surface area (Å²) >= 11 is 4.79. The summed E-state index contributed by atoms with van der Waals surface area (Å²) in [7, 11) is 0. The lowest BCUT2D eigenvalue weighted by Gasteiger charge is -2.09. The largest absolute Gasteiger partial charge is 0.392 e. The molecule has 0 aliphatic heterocycles. The highest BCUT2D eigenvalue weighted by Crippen LogP contribution is 2.30. The zero-order valence-corrected chi connectivity index (χ0v) is 23.8. The molecular weight excluding hydrogens is 468 g/mol. The maximum atomic E-state index is 10.2. The Morgan fingerprint density at radius 3 is 1.27 bits per heavy atom. The van der Waals surface area contributed by atoms with Gasteiger partial charge in [0.1, 0.15) is 0 Å². The lowest BCUT2D eigenvalue weighted by Crippen LogP contribution is -2.09. The van der Waals surface area contributed by atoms with Crippen LogP contribution >= 0.6 is 34.9 Å². The maximum Gasteiger partial charge on any atom is 0.175 e. The summed E-state index contributed by atoms with van der Waals surface area (Å²) in [4.78, 5) is 0. The van der Waals surface area contributed by atoms with Gasteiger partial charge >= 0.3 is 0 Å². The highest BCUT2D eigenvalue weighted by atomic mass is 32.2. The van der Waals surface area contributed by atoms with Gasteiger partial charge in [-0.05, 0) is 12.8 Å². The van der Waals surface area contributed by atoms with E-state index in [9.17, 15) is 10.2 Å². The molecule has 4 nitrogen and oxygen atoms in total. The van der Waals surface area contributed by atoms with E-state index in [-0.39, 0.29) is 12.2 Å². The van der Waals surface area contributed by atoms with Crippen LogP contribution < -0.4 is 0 Å². The number of aliphatic hydroxyl groups is 2. The van der Waals surface area contributed by atoms with E-state index < -0.39 is 0 Å². The fourth-order valence-electron chi connectivity index (χ4n) is 3.84. The summed E-state index contributed by atoms with van der Waals surface area (Å²) in [6.45, 7) is 4.51. The minimum Gasteiger partial charge on any atom is -0.392 e. The van der Waals surface area contributed by atoms with Gasteiger partial charge in [0.2, 0.25) is 0 Å². The van der Waals surface area contributed by atoms with Crippen LogP contribution in [-0.2, 0) is 0 Å². The van der Waals surface area contributed by atoms with E-state index in [1.54, 1.807) is 34.9 Å². The fourth-order valence-corrected chi connectivity index (χ4v) is 6.87. The van der Waals surface area contributed by atoms with Crippen LogP contribution in [-0.4, -0.2) is 44.1 Å². The predicted octanol–water partition coefficient (Wildman–Crippen LogP) is 8.51. The van der Waals surface area contributed by atoms with E-state index in [2.05, 4.69) is 24.0 Å². The molecule has 0 spiro atoms. The standard InChI is InChI=1S/C26H50N2O2S3/c1-3-5-7-9-11-13-15-17-19-23(29)21-31-25-27-28-26(33-25)32-22-24(30)20-18-16-14-12-10-8-6-4-2/h23-24,29-30H,3-22H2,1-2H3. The molecular formula is C26H50N2O2S3.